The summed E-state index contributed by atoms with van der Waals surface area (Å²) in [5.41, 5.74) is 3.01. The Kier molecular flexibility index (Phi) is 4.88. The Morgan fingerprint density at radius 2 is 2.13 bits per heavy atom. The largest absolute Gasteiger partial charge is 0.379 e. The highest BCUT2D eigenvalue weighted by Gasteiger charge is 2.15. The summed E-state index contributed by atoms with van der Waals surface area (Å²) in [6.07, 6.45) is 2.52. The van der Waals surface area contributed by atoms with Crippen molar-refractivity contribution in [2.75, 3.05) is 39.4 Å². The van der Waals surface area contributed by atoms with Crippen molar-refractivity contribution in [3.8, 4) is 0 Å². The quantitative estimate of drug-likeness (QED) is 0.826. The van der Waals surface area contributed by atoms with E-state index in [9.17, 15) is 4.79 Å². The minimum atomic E-state index is -0.112. The van der Waals surface area contributed by atoms with Crippen LogP contribution in [-0.2, 0) is 4.74 Å². The zero-order chi connectivity index (χ0) is 16.2. The van der Waals surface area contributed by atoms with E-state index in [0.29, 0.717) is 17.8 Å². The SMILES string of the molecule is Cc1cc(C)n2ncc(C(=O)NCCCN3CCOCC3)c2n1. The van der Waals surface area contributed by atoms with Gasteiger partial charge in [0.25, 0.3) is 5.91 Å². The van der Waals surface area contributed by atoms with Crippen LogP contribution in [0.3, 0.4) is 0 Å². The van der Waals surface area contributed by atoms with Gasteiger partial charge < -0.3 is 10.1 Å². The van der Waals surface area contributed by atoms with Crippen LogP contribution in [0.15, 0.2) is 12.3 Å². The zero-order valence-electron chi connectivity index (χ0n) is 13.7. The maximum atomic E-state index is 12.4. The summed E-state index contributed by atoms with van der Waals surface area (Å²) >= 11 is 0. The summed E-state index contributed by atoms with van der Waals surface area (Å²) in [6, 6.07) is 1.95. The number of hydrogen-bond donors (Lipinski definition) is 1. The minimum absolute atomic E-state index is 0.112. The third kappa shape index (κ3) is 3.68. The van der Waals surface area contributed by atoms with Crippen LogP contribution in [0.25, 0.3) is 5.65 Å². The first-order valence-corrected chi connectivity index (χ1v) is 8.05. The number of fused-ring (bicyclic) bond motifs is 1. The van der Waals surface area contributed by atoms with Crippen LogP contribution < -0.4 is 5.32 Å². The van der Waals surface area contributed by atoms with Gasteiger partial charge in [0.15, 0.2) is 5.65 Å². The molecule has 0 atom stereocenters. The monoisotopic (exact) mass is 317 g/mol. The molecular formula is C16H23N5O2. The van der Waals surface area contributed by atoms with Crippen molar-refractivity contribution in [2.45, 2.75) is 20.3 Å². The van der Waals surface area contributed by atoms with Gasteiger partial charge in [-0.05, 0) is 32.9 Å². The van der Waals surface area contributed by atoms with Gasteiger partial charge in [-0.2, -0.15) is 5.10 Å². The second kappa shape index (κ2) is 7.06. The third-order valence-corrected chi connectivity index (χ3v) is 4.06. The van der Waals surface area contributed by atoms with E-state index in [4.69, 9.17) is 4.74 Å². The average molecular weight is 317 g/mol. The number of aryl methyl sites for hydroxylation is 2. The van der Waals surface area contributed by atoms with Gasteiger partial charge in [-0.3, -0.25) is 9.69 Å². The summed E-state index contributed by atoms with van der Waals surface area (Å²) in [5, 5.41) is 7.22. The van der Waals surface area contributed by atoms with Gasteiger partial charge in [0.1, 0.15) is 5.56 Å². The smallest absolute Gasteiger partial charge is 0.256 e. The summed E-state index contributed by atoms with van der Waals surface area (Å²) in [6.45, 7) is 9.07. The summed E-state index contributed by atoms with van der Waals surface area (Å²) < 4.78 is 7.03. The van der Waals surface area contributed by atoms with Crippen molar-refractivity contribution in [3.05, 3.63) is 29.2 Å². The first-order valence-electron chi connectivity index (χ1n) is 8.05. The molecule has 1 fully saturated rings. The molecule has 1 N–H and O–H groups in total. The maximum absolute atomic E-state index is 12.4. The lowest BCUT2D eigenvalue weighted by Crippen LogP contribution is -2.38. The average Bonchev–Trinajstić information content (AvgIpc) is 2.96. The first kappa shape index (κ1) is 15.9. The van der Waals surface area contributed by atoms with Crippen LogP contribution in [0.2, 0.25) is 0 Å². The molecule has 3 rings (SSSR count). The number of aromatic nitrogens is 3. The Morgan fingerprint density at radius 1 is 1.35 bits per heavy atom. The van der Waals surface area contributed by atoms with E-state index >= 15 is 0 Å². The molecule has 1 saturated heterocycles. The van der Waals surface area contributed by atoms with E-state index < -0.39 is 0 Å². The Bertz CT molecular complexity index is 691. The second-order valence-electron chi connectivity index (χ2n) is 5.90. The number of carbonyl (C=O) groups excluding carboxylic acids is 1. The van der Waals surface area contributed by atoms with E-state index in [1.165, 1.54) is 0 Å². The molecule has 1 aliphatic heterocycles. The Labute approximate surface area is 135 Å². The van der Waals surface area contributed by atoms with Crippen LogP contribution in [-0.4, -0.2) is 64.8 Å². The molecule has 1 aliphatic rings. The molecule has 0 aliphatic carbocycles. The van der Waals surface area contributed by atoms with Crippen molar-refractivity contribution >= 4 is 11.6 Å². The maximum Gasteiger partial charge on any atom is 0.256 e. The molecule has 0 unspecified atom stereocenters. The number of nitrogens with one attached hydrogen (secondary N) is 1. The number of amides is 1. The fourth-order valence-corrected chi connectivity index (χ4v) is 2.86. The van der Waals surface area contributed by atoms with Crippen LogP contribution in [0.4, 0.5) is 0 Å². The third-order valence-electron chi connectivity index (χ3n) is 4.06. The van der Waals surface area contributed by atoms with E-state index in [0.717, 1.165) is 50.7 Å². The highest BCUT2D eigenvalue weighted by Crippen LogP contribution is 2.11. The fraction of sp³-hybridized carbons (Fsp3) is 0.562. The number of ether oxygens (including phenoxy) is 1. The molecule has 0 aromatic carbocycles. The molecule has 1 amide bonds. The lowest BCUT2D eigenvalue weighted by atomic mass is 10.3. The normalized spacial score (nSPS) is 15.9. The van der Waals surface area contributed by atoms with Crippen LogP contribution in [0.5, 0.6) is 0 Å². The molecule has 124 valence electrons. The number of rotatable bonds is 5. The second-order valence-corrected chi connectivity index (χ2v) is 5.90. The van der Waals surface area contributed by atoms with Gasteiger partial charge in [0.2, 0.25) is 0 Å². The lowest BCUT2D eigenvalue weighted by Gasteiger charge is -2.26. The Balaban J connectivity index is 1.56. The first-order chi connectivity index (χ1) is 11.1. The van der Waals surface area contributed by atoms with Crippen LogP contribution >= 0.6 is 0 Å². The number of carbonyl (C=O) groups is 1. The molecule has 3 heterocycles. The highest BCUT2D eigenvalue weighted by molar-refractivity contribution is 5.99. The number of hydrogen-bond acceptors (Lipinski definition) is 5. The predicted octanol–water partition coefficient (Wildman–Crippen LogP) is 0.798. The number of morpholine rings is 1. The minimum Gasteiger partial charge on any atom is -0.379 e. The molecule has 0 bridgehead atoms. The summed E-state index contributed by atoms with van der Waals surface area (Å²) in [5.74, 6) is -0.112. The molecule has 0 saturated carbocycles. The van der Waals surface area contributed by atoms with Crippen LogP contribution in [0, 0.1) is 13.8 Å². The molecule has 0 spiro atoms. The van der Waals surface area contributed by atoms with E-state index in [2.05, 4.69) is 20.3 Å². The van der Waals surface area contributed by atoms with Gasteiger partial charge in [0.05, 0.1) is 19.4 Å². The van der Waals surface area contributed by atoms with Crippen molar-refractivity contribution in [1.82, 2.24) is 24.8 Å². The predicted molar refractivity (Wildman–Crippen MR) is 86.7 cm³/mol. The standard InChI is InChI=1S/C16H23N5O2/c1-12-10-13(2)21-15(19-12)14(11-18-21)16(22)17-4-3-5-20-6-8-23-9-7-20/h10-11H,3-9H2,1-2H3,(H,17,22). The molecule has 2 aromatic rings. The fourth-order valence-electron chi connectivity index (χ4n) is 2.86. The lowest BCUT2D eigenvalue weighted by molar-refractivity contribution is 0.0374. The Hall–Kier alpha value is -1.99. The van der Waals surface area contributed by atoms with Crippen molar-refractivity contribution in [3.63, 3.8) is 0 Å². The van der Waals surface area contributed by atoms with Crippen LogP contribution in [0.1, 0.15) is 28.2 Å². The van der Waals surface area contributed by atoms with E-state index in [1.807, 2.05) is 19.9 Å². The molecule has 0 radical (unpaired) electrons. The summed E-state index contributed by atoms with van der Waals surface area (Å²) in [7, 11) is 0. The number of nitrogens with zero attached hydrogens (tertiary/aromatic N) is 4. The van der Waals surface area contributed by atoms with E-state index in [1.54, 1.807) is 10.7 Å². The highest BCUT2D eigenvalue weighted by atomic mass is 16.5. The van der Waals surface area contributed by atoms with Gasteiger partial charge in [-0.15, -0.1) is 0 Å². The van der Waals surface area contributed by atoms with Gasteiger partial charge in [-0.25, -0.2) is 9.50 Å². The molecular weight excluding hydrogens is 294 g/mol. The van der Waals surface area contributed by atoms with E-state index in [-0.39, 0.29) is 5.91 Å². The van der Waals surface area contributed by atoms with Crippen molar-refractivity contribution in [2.24, 2.45) is 0 Å². The topological polar surface area (TPSA) is 71.8 Å². The van der Waals surface area contributed by atoms with Gasteiger partial charge in [0, 0.05) is 31.0 Å². The summed E-state index contributed by atoms with van der Waals surface area (Å²) in [4.78, 5) is 19.2. The molecule has 2 aromatic heterocycles. The van der Waals surface area contributed by atoms with Crippen molar-refractivity contribution < 1.29 is 9.53 Å². The van der Waals surface area contributed by atoms with Gasteiger partial charge >= 0.3 is 0 Å². The van der Waals surface area contributed by atoms with Gasteiger partial charge in [-0.1, -0.05) is 0 Å². The Morgan fingerprint density at radius 3 is 2.91 bits per heavy atom. The van der Waals surface area contributed by atoms with Crippen molar-refractivity contribution in [1.29, 1.82) is 0 Å². The molecule has 7 heteroatoms. The molecule has 23 heavy (non-hydrogen) atoms. The zero-order valence-corrected chi connectivity index (χ0v) is 13.7. The molecule has 7 nitrogen and oxygen atoms in total.